The predicted octanol–water partition coefficient (Wildman–Crippen LogP) is 2.01. The fourth-order valence-electron chi connectivity index (χ4n) is 1.76. The summed E-state index contributed by atoms with van der Waals surface area (Å²) in [6.45, 7) is 1.85. The molecule has 1 amide bonds. The van der Waals surface area contributed by atoms with E-state index in [0.717, 1.165) is 24.1 Å². The maximum Gasteiger partial charge on any atom is 0.349 e. The predicted molar refractivity (Wildman–Crippen MR) is 71.9 cm³/mol. The molecule has 0 atom stereocenters. The highest BCUT2D eigenvalue weighted by Gasteiger charge is 2.29. The van der Waals surface area contributed by atoms with Crippen molar-refractivity contribution in [1.29, 1.82) is 0 Å². The minimum atomic E-state index is -1.01. The number of rotatable bonds is 6. The van der Waals surface area contributed by atoms with Gasteiger partial charge in [-0.3, -0.25) is 4.79 Å². The average molecular weight is 283 g/mol. The molecule has 5 nitrogen and oxygen atoms in total. The van der Waals surface area contributed by atoms with Crippen LogP contribution in [-0.4, -0.2) is 41.6 Å². The molecule has 1 saturated carbocycles. The molecule has 0 saturated heterocycles. The lowest BCUT2D eigenvalue weighted by atomic mass is 10.3. The highest BCUT2D eigenvalue weighted by molar-refractivity contribution is 7.14. The number of hydrogen-bond acceptors (Lipinski definition) is 4. The van der Waals surface area contributed by atoms with Crippen LogP contribution in [0.3, 0.4) is 0 Å². The van der Waals surface area contributed by atoms with Gasteiger partial charge in [0.15, 0.2) is 11.5 Å². The Balaban J connectivity index is 1.99. The van der Waals surface area contributed by atoms with E-state index in [1.165, 1.54) is 11.3 Å². The van der Waals surface area contributed by atoms with Gasteiger partial charge in [0.1, 0.15) is 5.75 Å². The second-order valence-electron chi connectivity index (χ2n) is 4.59. The van der Waals surface area contributed by atoms with Gasteiger partial charge < -0.3 is 14.7 Å². The molecule has 0 spiro atoms. The molecule has 0 radical (unpaired) electrons. The number of hydrogen-bond donors (Lipinski definition) is 1. The Bertz CT molecular complexity index is 493. The molecule has 1 aliphatic rings. The number of likely N-dealkylation sites (N-methyl/N-ethyl adjacent to an activating group) is 1. The van der Waals surface area contributed by atoms with Gasteiger partial charge in [-0.05, 0) is 25.3 Å². The summed E-state index contributed by atoms with van der Waals surface area (Å²) < 4.78 is 5.38. The summed E-state index contributed by atoms with van der Waals surface area (Å²) in [6.07, 6.45) is 2.84. The van der Waals surface area contributed by atoms with Gasteiger partial charge in [0, 0.05) is 18.0 Å². The van der Waals surface area contributed by atoms with Crippen LogP contribution in [0.15, 0.2) is 6.07 Å². The van der Waals surface area contributed by atoms with Crippen molar-refractivity contribution in [3.63, 3.8) is 0 Å². The van der Waals surface area contributed by atoms with Crippen LogP contribution in [0.25, 0.3) is 0 Å². The Labute approximate surface area is 115 Å². The third-order valence-electron chi connectivity index (χ3n) is 3.13. The third-order valence-corrected chi connectivity index (χ3v) is 4.38. The molecule has 1 aliphatic carbocycles. The fraction of sp³-hybridized carbons (Fsp3) is 0.538. The number of nitrogens with zero attached hydrogens (tertiary/aromatic N) is 1. The van der Waals surface area contributed by atoms with Gasteiger partial charge in [-0.2, -0.15) is 0 Å². The van der Waals surface area contributed by atoms with E-state index in [4.69, 9.17) is 9.84 Å². The lowest BCUT2D eigenvalue weighted by Crippen LogP contribution is -2.33. The molecule has 104 valence electrons. The van der Waals surface area contributed by atoms with Crippen LogP contribution in [0.1, 0.15) is 34.3 Å². The molecule has 2 rings (SSSR count). The molecule has 0 aromatic carbocycles. The number of amides is 1. The minimum absolute atomic E-state index is 0.104. The molecule has 0 unspecified atom stereocenters. The molecule has 0 bridgehead atoms. The van der Waals surface area contributed by atoms with E-state index in [0.29, 0.717) is 11.8 Å². The van der Waals surface area contributed by atoms with Gasteiger partial charge in [-0.25, -0.2) is 4.79 Å². The van der Waals surface area contributed by atoms with Crippen LogP contribution in [0.5, 0.6) is 5.75 Å². The summed E-state index contributed by atoms with van der Waals surface area (Å²) in [5, 5.41) is 9.08. The van der Waals surface area contributed by atoms with Crippen LogP contribution in [0.2, 0.25) is 0 Å². The first-order valence-electron chi connectivity index (χ1n) is 6.27. The van der Waals surface area contributed by atoms with Crippen molar-refractivity contribution in [3.05, 3.63) is 15.8 Å². The number of ether oxygens (including phenoxy) is 1. The Kier molecular flexibility index (Phi) is 4.09. The second-order valence-corrected chi connectivity index (χ2v) is 5.73. The van der Waals surface area contributed by atoms with Crippen molar-refractivity contribution >= 4 is 23.2 Å². The molecule has 1 N–H and O–H groups in total. The summed E-state index contributed by atoms with van der Waals surface area (Å²) in [7, 11) is 1.76. The Morgan fingerprint density at radius 3 is 2.74 bits per heavy atom. The van der Waals surface area contributed by atoms with Crippen molar-refractivity contribution in [1.82, 2.24) is 4.90 Å². The Morgan fingerprint density at radius 1 is 1.53 bits per heavy atom. The van der Waals surface area contributed by atoms with Gasteiger partial charge in [0.2, 0.25) is 0 Å². The smallest absolute Gasteiger partial charge is 0.349 e. The Morgan fingerprint density at radius 2 is 2.21 bits per heavy atom. The van der Waals surface area contributed by atoms with Crippen LogP contribution in [0.4, 0.5) is 0 Å². The summed E-state index contributed by atoms with van der Waals surface area (Å²) in [5.41, 5.74) is 0. The SMILES string of the molecule is CCc1cc(OCC(=O)N(C)C2CC2)c(C(=O)O)s1. The van der Waals surface area contributed by atoms with E-state index in [1.54, 1.807) is 18.0 Å². The van der Waals surface area contributed by atoms with Gasteiger partial charge in [0.25, 0.3) is 5.91 Å². The van der Waals surface area contributed by atoms with Gasteiger partial charge in [-0.1, -0.05) is 6.92 Å². The summed E-state index contributed by atoms with van der Waals surface area (Å²) in [6, 6.07) is 2.04. The van der Waals surface area contributed by atoms with E-state index in [-0.39, 0.29) is 17.4 Å². The zero-order valence-corrected chi connectivity index (χ0v) is 11.8. The normalized spacial score (nSPS) is 14.2. The first-order valence-corrected chi connectivity index (χ1v) is 7.09. The summed E-state index contributed by atoms with van der Waals surface area (Å²) in [5.74, 6) is -0.822. The molecule has 19 heavy (non-hydrogen) atoms. The number of carbonyl (C=O) groups is 2. The molecule has 1 fully saturated rings. The van der Waals surface area contributed by atoms with Crippen LogP contribution in [-0.2, 0) is 11.2 Å². The third kappa shape index (κ3) is 3.26. The van der Waals surface area contributed by atoms with Crippen molar-refractivity contribution in [3.8, 4) is 5.75 Å². The van der Waals surface area contributed by atoms with Crippen molar-refractivity contribution in [2.75, 3.05) is 13.7 Å². The first-order chi connectivity index (χ1) is 9.02. The molecular formula is C13H17NO4S. The number of thiophene rings is 1. The average Bonchev–Trinajstić information content (AvgIpc) is 3.14. The van der Waals surface area contributed by atoms with E-state index in [2.05, 4.69) is 0 Å². The van der Waals surface area contributed by atoms with Gasteiger partial charge in [0.05, 0.1) is 0 Å². The number of aromatic carboxylic acids is 1. The number of aryl methyl sites for hydroxylation is 1. The molecule has 1 heterocycles. The largest absolute Gasteiger partial charge is 0.482 e. The van der Waals surface area contributed by atoms with Gasteiger partial charge in [-0.15, -0.1) is 11.3 Å². The Hall–Kier alpha value is -1.56. The molecule has 1 aromatic rings. The van der Waals surface area contributed by atoms with E-state index < -0.39 is 5.97 Å². The quantitative estimate of drug-likeness (QED) is 0.867. The highest BCUT2D eigenvalue weighted by Crippen LogP contribution is 2.30. The lowest BCUT2D eigenvalue weighted by Gasteiger charge is -2.16. The zero-order chi connectivity index (χ0) is 14.0. The maximum atomic E-state index is 11.8. The standard InChI is InChI=1S/C13H17NO4S/c1-3-9-6-10(12(19-9)13(16)17)18-7-11(15)14(2)8-4-5-8/h6,8H,3-5,7H2,1-2H3,(H,16,17). The van der Waals surface area contributed by atoms with Crippen LogP contribution >= 0.6 is 11.3 Å². The van der Waals surface area contributed by atoms with Crippen LogP contribution in [0, 0.1) is 0 Å². The molecule has 1 aromatic heterocycles. The van der Waals surface area contributed by atoms with Crippen molar-refractivity contribution in [2.45, 2.75) is 32.2 Å². The zero-order valence-electron chi connectivity index (χ0n) is 11.0. The number of carboxylic acid groups (broad SMARTS) is 1. The van der Waals surface area contributed by atoms with E-state index in [9.17, 15) is 9.59 Å². The lowest BCUT2D eigenvalue weighted by molar-refractivity contribution is -0.132. The first kappa shape index (κ1) is 13.9. The number of carbonyl (C=O) groups excluding carboxylic acids is 1. The fourth-order valence-corrected chi connectivity index (χ4v) is 2.64. The monoisotopic (exact) mass is 283 g/mol. The summed E-state index contributed by atoms with van der Waals surface area (Å²) >= 11 is 1.20. The molecule has 0 aliphatic heterocycles. The highest BCUT2D eigenvalue weighted by atomic mass is 32.1. The van der Waals surface area contributed by atoms with Gasteiger partial charge >= 0.3 is 5.97 Å². The van der Waals surface area contributed by atoms with Crippen molar-refractivity contribution < 1.29 is 19.4 Å². The van der Waals surface area contributed by atoms with Crippen molar-refractivity contribution in [2.24, 2.45) is 0 Å². The maximum absolute atomic E-state index is 11.8. The topological polar surface area (TPSA) is 66.8 Å². The van der Waals surface area contributed by atoms with E-state index >= 15 is 0 Å². The van der Waals surface area contributed by atoms with Crippen LogP contribution < -0.4 is 4.74 Å². The molecular weight excluding hydrogens is 266 g/mol. The van der Waals surface area contributed by atoms with E-state index in [1.807, 2.05) is 6.92 Å². The summed E-state index contributed by atoms with van der Waals surface area (Å²) in [4.78, 5) is 25.7. The second kappa shape index (κ2) is 5.61. The molecule has 6 heteroatoms. The minimum Gasteiger partial charge on any atom is -0.482 e. The number of carboxylic acids is 1.